The molecule has 4 rings (SSSR count). The van der Waals surface area contributed by atoms with Gasteiger partial charge in [-0.15, -0.1) is 0 Å². The fraction of sp³-hybridized carbons (Fsp3) is 0.750. The molecule has 0 unspecified atom stereocenters. The lowest BCUT2D eigenvalue weighted by Crippen LogP contribution is -2.71. The molecule has 0 bridgehead atoms. The topological polar surface area (TPSA) is 116 Å². The second-order valence-electron chi connectivity index (χ2n) is 13.0. The average molecular weight is 595 g/mol. The van der Waals surface area contributed by atoms with Gasteiger partial charge in [0.15, 0.2) is 23.7 Å². The number of hydrogen-bond acceptors (Lipinski definition) is 8. The summed E-state index contributed by atoms with van der Waals surface area (Å²) in [7, 11) is 0. The third-order valence-electron chi connectivity index (χ3n) is 10.6. The molecule has 0 heterocycles. The van der Waals surface area contributed by atoms with Gasteiger partial charge in [0, 0.05) is 29.1 Å². The van der Waals surface area contributed by atoms with Gasteiger partial charge >= 0.3 is 12.1 Å². The Labute approximate surface area is 246 Å². The lowest BCUT2D eigenvalue weighted by atomic mass is 9.44. The van der Waals surface area contributed by atoms with E-state index in [-0.39, 0.29) is 37.9 Å². The summed E-state index contributed by atoms with van der Waals surface area (Å²) in [5.41, 5.74) is -7.20. The molecule has 0 radical (unpaired) electrons. The van der Waals surface area contributed by atoms with Crippen molar-refractivity contribution in [3.63, 3.8) is 0 Å². The number of Topliss-reactive ketones (excluding diaryl/α,β-unsaturated/α-hetero) is 1. The van der Waals surface area contributed by atoms with Crippen LogP contribution in [0, 0.1) is 28.6 Å². The summed E-state index contributed by atoms with van der Waals surface area (Å²) in [5, 5.41) is 11.6. The van der Waals surface area contributed by atoms with Crippen LogP contribution in [0.5, 0.6) is 0 Å². The molecule has 1 N–H and O–H groups in total. The highest BCUT2D eigenvalue weighted by atomic mass is 19.1. The van der Waals surface area contributed by atoms with Crippen molar-refractivity contribution in [1.82, 2.24) is 0 Å². The van der Waals surface area contributed by atoms with Crippen molar-refractivity contribution in [2.24, 2.45) is 28.6 Å². The molecule has 234 valence electrons. The van der Waals surface area contributed by atoms with E-state index in [2.05, 4.69) is 0 Å². The molecule has 9 atom stereocenters. The number of aliphatic hydroxyl groups excluding tert-OH is 1. The van der Waals surface area contributed by atoms with Crippen LogP contribution in [-0.2, 0) is 28.6 Å². The van der Waals surface area contributed by atoms with E-state index in [1.54, 1.807) is 20.8 Å². The first kappa shape index (κ1) is 32.3. The van der Waals surface area contributed by atoms with E-state index in [1.807, 2.05) is 6.92 Å². The number of allylic oxidation sites excluding steroid dienone is 4. The van der Waals surface area contributed by atoms with Gasteiger partial charge in [0.2, 0.25) is 5.78 Å². The molecule has 0 aliphatic heterocycles. The third-order valence-corrected chi connectivity index (χ3v) is 10.6. The van der Waals surface area contributed by atoms with Crippen molar-refractivity contribution in [2.45, 2.75) is 110 Å². The summed E-state index contributed by atoms with van der Waals surface area (Å²) in [6.07, 6.45) is 1.82. The fourth-order valence-corrected chi connectivity index (χ4v) is 8.59. The molecule has 4 aliphatic rings. The van der Waals surface area contributed by atoms with Crippen molar-refractivity contribution >= 4 is 23.7 Å². The van der Waals surface area contributed by atoms with Gasteiger partial charge in [-0.2, -0.15) is 0 Å². The predicted molar refractivity (Wildman–Crippen MR) is 149 cm³/mol. The molecule has 3 fully saturated rings. The van der Waals surface area contributed by atoms with Gasteiger partial charge in [0.25, 0.3) is 0 Å². The molecular formula is C32H44F2O8. The summed E-state index contributed by atoms with van der Waals surface area (Å²) in [6.45, 7) is 8.07. The Morgan fingerprint density at radius 1 is 1.07 bits per heavy atom. The summed E-state index contributed by atoms with van der Waals surface area (Å²) in [5.74, 6) is -4.15. The number of ketones is 2. The molecule has 0 aromatic carbocycles. The van der Waals surface area contributed by atoms with Gasteiger partial charge in [-0.1, -0.05) is 46.6 Å². The summed E-state index contributed by atoms with van der Waals surface area (Å²) >= 11 is 0. The van der Waals surface area contributed by atoms with Crippen molar-refractivity contribution in [1.29, 1.82) is 0 Å². The second kappa shape index (κ2) is 11.8. The maximum atomic E-state index is 17.6. The summed E-state index contributed by atoms with van der Waals surface area (Å²) < 4.78 is 49.9. The van der Waals surface area contributed by atoms with Gasteiger partial charge in [0.1, 0.15) is 6.17 Å². The number of hydrogen-bond donors (Lipinski definition) is 1. The smallest absolute Gasteiger partial charge is 0.457 e. The number of aliphatic hydroxyl groups is 1. The van der Waals surface area contributed by atoms with Crippen LogP contribution in [0.25, 0.3) is 0 Å². The first-order valence-electron chi connectivity index (χ1n) is 15.2. The number of esters is 1. The SMILES string of the molecule is CCCCCOC(=O)O[C@]1(C(=O)COC(=O)CCC)[C@H](C)C[C@H]2[C@@H]3C[C@H](F)C4=CC(=O)C=C[C@]4(C)[C@@]3(F)[C@@H](O)C[C@@]21C. The van der Waals surface area contributed by atoms with E-state index in [0.717, 1.165) is 18.9 Å². The number of alkyl halides is 2. The molecule has 0 saturated heterocycles. The fourth-order valence-electron chi connectivity index (χ4n) is 8.59. The van der Waals surface area contributed by atoms with Crippen LogP contribution in [0.3, 0.4) is 0 Å². The maximum Gasteiger partial charge on any atom is 0.509 e. The minimum absolute atomic E-state index is 0.000434. The number of unbranched alkanes of at least 4 members (excludes halogenated alkanes) is 2. The van der Waals surface area contributed by atoms with Crippen molar-refractivity contribution in [3.05, 3.63) is 23.8 Å². The van der Waals surface area contributed by atoms with Crippen LogP contribution in [0.1, 0.15) is 86.0 Å². The molecule has 0 aromatic rings. The largest absolute Gasteiger partial charge is 0.509 e. The average Bonchev–Trinajstić information content (AvgIpc) is 3.15. The zero-order valence-electron chi connectivity index (χ0n) is 25.3. The number of ether oxygens (including phenoxy) is 3. The Bertz CT molecular complexity index is 1170. The highest BCUT2D eigenvalue weighted by Gasteiger charge is 2.78. The first-order valence-corrected chi connectivity index (χ1v) is 15.2. The van der Waals surface area contributed by atoms with Crippen LogP contribution in [0.2, 0.25) is 0 Å². The highest BCUT2D eigenvalue weighted by molar-refractivity contribution is 6.01. The highest BCUT2D eigenvalue weighted by Crippen LogP contribution is 2.71. The van der Waals surface area contributed by atoms with Crippen LogP contribution < -0.4 is 0 Å². The second-order valence-corrected chi connectivity index (χ2v) is 13.0. The Kier molecular flexibility index (Phi) is 9.08. The monoisotopic (exact) mass is 594 g/mol. The van der Waals surface area contributed by atoms with E-state index < -0.39 is 82.4 Å². The number of fused-ring (bicyclic) bond motifs is 5. The quantitative estimate of drug-likeness (QED) is 0.259. The zero-order chi connectivity index (χ0) is 31.1. The molecule has 10 heteroatoms. The first-order chi connectivity index (χ1) is 19.7. The van der Waals surface area contributed by atoms with E-state index >= 15 is 8.78 Å². The molecule has 0 aromatic heterocycles. The van der Waals surface area contributed by atoms with E-state index in [4.69, 9.17) is 14.2 Å². The minimum atomic E-state index is -2.35. The van der Waals surface area contributed by atoms with Gasteiger partial charge in [-0.25, -0.2) is 13.6 Å². The van der Waals surface area contributed by atoms with Gasteiger partial charge in [-0.05, 0) is 62.7 Å². The molecule has 0 amide bonds. The van der Waals surface area contributed by atoms with E-state index in [1.165, 1.54) is 19.1 Å². The Balaban J connectivity index is 1.75. The Morgan fingerprint density at radius 2 is 1.79 bits per heavy atom. The Hall–Kier alpha value is -2.62. The van der Waals surface area contributed by atoms with Crippen molar-refractivity contribution < 1.29 is 47.3 Å². The summed E-state index contributed by atoms with van der Waals surface area (Å²) in [6, 6.07) is 0. The van der Waals surface area contributed by atoms with E-state index in [9.17, 15) is 24.3 Å². The molecule has 0 spiro atoms. The lowest BCUT2D eigenvalue weighted by Gasteiger charge is -2.63. The van der Waals surface area contributed by atoms with Crippen LogP contribution in [0.15, 0.2) is 23.8 Å². The molecule has 8 nitrogen and oxygen atoms in total. The van der Waals surface area contributed by atoms with Crippen molar-refractivity contribution in [2.75, 3.05) is 13.2 Å². The number of carbonyl (C=O) groups is 4. The van der Waals surface area contributed by atoms with Crippen molar-refractivity contribution in [3.8, 4) is 0 Å². The molecule has 4 aliphatic carbocycles. The minimum Gasteiger partial charge on any atom is -0.457 e. The van der Waals surface area contributed by atoms with Crippen LogP contribution in [0.4, 0.5) is 13.6 Å². The third kappa shape index (κ3) is 4.81. The van der Waals surface area contributed by atoms with Crippen LogP contribution in [-0.4, -0.2) is 65.6 Å². The zero-order valence-corrected chi connectivity index (χ0v) is 25.3. The molecular weight excluding hydrogens is 550 g/mol. The van der Waals surface area contributed by atoms with Gasteiger partial charge < -0.3 is 19.3 Å². The number of halogens is 2. The normalized spacial score (nSPS) is 40.3. The van der Waals surface area contributed by atoms with Crippen LogP contribution >= 0.6 is 0 Å². The Morgan fingerprint density at radius 3 is 2.45 bits per heavy atom. The summed E-state index contributed by atoms with van der Waals surface area (Å²) in [4.78, 5) is 51.4. The number of carbonyl (C=O) groups excluding carboxylic acids is 4. The van der Waals surface area contributed by atoms with Gasteiger partial charge in [-0.3, -0.25) is 14.4 Å². The lowest BCUT2D eigenvalue weighted by molar-refractivity contribution is -0.226. The number of rotatable bonds is 10. The predicted octanol–water partition coefficient (Wildman–Crippen LogP) is 5.55. The van der Waals surface area contributed by atoms with E-state index in [0.29, 0.717) is 12.8 Å². The molecule has 42 heavy (non-hydrogen) atoms. The van der Waals surface area contributed by atoms with Gasteiger partial charge in [0.05, 0.1) is 12.7 Å². The standard InChI is InChI=1S/C32H44F2O8/c1-6-8-9-13-40-28(39)42-32(26(37)18-41-27(38)10-7-2)19(3)14-21-22-16-24(33)23-15-20(35)11-12-29(23,4)31(22,34)25(36)17-30(21,32)5/h11-12,15,19,21-22,24-25,36H,6-10,13-14,16-18H2,1-5H3/t19-,21+,22+,24+,25+,29+,30+,31+,32+/m1/s1. The maximum absolute atomic E-state index is 17.6. The molecule has 3 saturated carbocycles.